The Bertz CT molecular complexity index is 1550. The van der Waals surface area contributed by atoms with Gasteiger partial charge in [-0.2, -0.15) is 0 Å². The molecule has 0 aliphatic carbocycles. The first kappa shape index (κ1) is 21.5. The van der Waals surface area contributed by atoms with Gasteiger partial charge in [0, 0.05) is 0 Å². The SMILES string of the molecule is COc1cc(/C=c2\sc3nc4ccccc4n3c2=O)cc(Br)c1OCCOc1ccccc1. The number of nitrogens with zero attached hydrogens (tertiary/aromatic N) is 2. The Labute approximate surface area is 201 Å². The molecule has 0 bridgehead atoms. The van der Waals surface area contributed by atoms with Gasteiger partial charge in [0.15, 0.2) is 16.5 Å². The number of ether oxygens (including phenoxy) is 3. The number of halogens is 1. The molecule has 0 amide bonds. The molecule has 33 heavy (non-hydrogen) atoms. The third-order valence-corrected chi connectivity index (χ3v) is 6.59. The van der Waals surface area contributed by atoms with E-state index in [1.54, 1.807) is 11.5 Å². The van der Waals surface area contributed by atoms with Crippen LogP contribution in [-0.4, -0.2) is 29.7 Å². The summed E-state index contributed by atoms with van der Waals surface area (Å²) in [7, 11) is 1.59. The van der Waals surface area contributed by atoms with Crippen molar-refractivity contribution in [3.63, 3.8) is 0 Å². The maximum Gasteiger partial charge on any atom is 0.274 e. The molecule has 0 saturated carbocycles. The fraction of sp³-hybridized carbons (Fsp3) is 0.120. The lowest BCUT2D eigenvalue weighted by Crippen LogP contribution is -2.22. The number of rotatable bonds is 7. The van der Waals surface area contributed by atoms with Gasteiger partial charge in [-0.3, -0.25) is 4.79 Å². The van der Waals surface area contributed by atoms with Crippen LogP contribution < -0.4 is 24.3 Å². The zero-order valence-electron chi connectivity index (χ0n) is 17.7. The largest absolute Gasteiger partial charge is 0.493 e. The summed E-state index contributed by atoms with van der Waals surface area (Å²) >= 11 is 4.93. The molecule has 0 aliphatic heterocycles. The molecule has 3 aromatic carbocycles. The van der Waals surface area contributed by atoms with E-state index in [0.717, 1.165) is 26.8 Å². The normalized spacial score (nSPS) is 11.9. The summed E-state index contributed by atoms with van der Waals surface area (Å²) in [6, 6.07) is 21.0. The summed E-state index contributed by atoms with van der Waals surface area (Å²) in [5.74, 6) is 1.94. The van der Waals surface area contributed by atoms with Crippen molar-refractivity contribution in [3.05, 3.63) is 91.7 Å². The van der Waals surface area contributed by atoms with Gasteiger partial charge in [-0.15, -0.1) is 0 Å². The van der Waals surface area contributed by atoms with Gasteiger partial charge in [-0.25, -0.2) is 9.38 Å². The number of methoxy groups -OCH3 is 1. The average molecular weight is 523 g/mol. The molecule has 0 fully saturated rings. The van der Waals surface area contributed by atoms with Crippen molar-refractivity contribution in [1.29, 1.82) is 0 Å². The molecule has 0 N–H and O–H groups in total. The van der Waals surface area contributed by atoms with Crippen LogP contribution in [0.1, 0.15) is 5.56 Å². The fourth-order valence-electron chi connectivity index (χ4n) is 3.55. The average Bonchev–Trinajstić information content (AvgIpc) is 3.34. The third kappa shape index (κ3) is 4.31. The molecule has 8 heteroatoms. The van der Waals surface area contributed by atoms with Crippen molar-refractivity contribution >= 4 is 49.3 Å². The second-order valence-corrected chi connectivity index (χ2v) is 9.04. The highest BCUT2D eigenvalue weighted by atomic mass is 79.9. The van der Waals surface area contributed by atoms with E-state index in [2.05, 4.69) is 20.9 Å². The first-order valence-electron chi connectivity index (χ1n) is 10.2. The van der Waals surface area contributed by atoms with Crippen LogP contribution in [0, 0.1) is 0 Å². The highest BCUT2D eigenvalue weighted by Gasteiger charge is 2.13. The van der Waals surface area contributed by atoms with Gasteiger partial charge in [0.05, 0.1) is 27.1 Å². The Morgan fingerprint density at radius 3 is 2.61 bits per heavy atom. The van der Waals surface area contributed by atoms with Crippen molar-refractivity contribution in [2.24, 2.45) is 0 Å². The maximum absolute atomic E-state index is 13.0. The van der Waals surface area contributed by atoms with Crippen LogP contribution in [0.5, 0.6) is 17.2 Å². The van der Waals surface area contributed by atoms with Gasteiger partial charge in [0.25, 0.3) is 5.56 Å². The fourth-order valence-corrected chi connectivity index (χ4v) is 5.11. The lowest BCUT2D eigenvalue weighted by atomic mass is 10.2. The maximum atomic E-state index is 13.0. The van der Waals surface area contributed by atoms with E-state index in [-0.39, 0.29) is 5.56 Å². The first-order valence-corrected chi connectivity index (χ1v) is 11.8. The van der Waals surface area contributed by atoms with E-state index in [4.69, 9.17) is 14.2 Å². The molecular weight excluding hydrogens is 504 g/mol. The number of thiazole rings is 1. The summed E-state index contributed by atoms with van der Waals surface area (Å²) in [4.78, 5) is 18.3. The Kier molecular flexibility index (Phi) is 6.02. The molecule has 166 valence electrons. The van der Waals surface area contributed by atoms with Crippen LogP contribution in [-0.2, 0) is 0 Å². The minimum absolute atomic E-state index is 0.0859. The zero-order valence-corrected chi connectivity index (χ0v) is 20.1. The Balaban J connectivity index is 1.40. The molecule has 0 radical (unpaired) electrons. The van der Waals surface area contributed by atoms with Gasteiger partial charge in [0.2, 0.25) is 0 Å². The summed E-state index contributed by atoms with van der Waals surface area (Å²) in [5.41, 5.74) is 2.36. The first-order chi connectivity index (χ1) is 16.1. The van der Waals surface area contributed by atoms with Crippen molar-refractivity contribution in [2.45, 2.75) is 0 Å². The lowest BCUT2D eigenvalue weighted by Gasteiger charge is -2.14. The Morgan fingerprint density at radius 2 is 1.79 bits per heavy atom. The second kappa shape index (κ2) is 9.25. The molecule has 0 aliphatic rings. The smallest absolute Gasteiger partial charge is 0.274 e. The molecule has 5 rings (SSSR count). The van der Waals surface area contributed by atoms with E-state index in [1.165, 1.54) is 11.3 Å². The second-order valence-electron chi connectivity index (χ2n) is 7.18. The molecule has 0 atom stereocenters. The van der Waals surface area contributed by atoms with E-state index >= 15 is 0 Å². The molecule has 5 aromatic rings. The summed E-state index contributed by atoms with van der Waals surface area (Å²) in [5, 5.41) is 0. The highest BCUT2D eigenvalue weighted by molar-refractivity contribution is 9.10. The predicted octanol–water partition coefficient (Wildman–Crippen LogP) is 4.69. The minimum Gasteiger partial charge on any atom is -0.493 e. The third-order valence-electron chi connectivity index (χ3n) is 5.04. The van der Waals surface area contributed by atoms with Gasteiger partial charge in [-0.05, 0) is 64.0 Å². The van der Waals surface area contributed by atoms with Crippen molar-refractivity contribution in [2.75, 3.05) is 20.3 Å². The number of imidazole rings is 1. The molecule has 0 unspecified atom stereocenters. The Hall–Kier alpha value is -3.36. The number of fused-ring (bicyclic) bond motifs is 3. The molecular formula is C25H19BrN2O4S. The summed E-state index contributed by atoms with van der Waals surface area (Å²) in [6.45, 7) is 0.753. The topological polar surface area (TPSA) is 62.1 Å². The van der Waals surface area contributed by atoms with Crippen LogP contribution in [0.2, 0.25) is 0 Å². The quantitative estimate of drug-likeness (QED) is 0.290. The number of benzene rings is 3. The number of aromatic nitrogens is 2. The van der Waals surface area contributed by atoms with E-state index < -0.39 is 0 Å². The molecule has 6 nitrogen and oxygen atoms in total. The van der Waals surface area contributed by atoms with Crippen LogP contribution in [0.15, 0.2) is 76.0 Å². The van der Waals surface area contributed by atoms with E-state index in [0.29, 0.717) is 34.2 Å². The summed E-state index contributed by atoms with van der Waals surface area (Å²) < 4.78 is 20.1. The van der Waals surface area contributed by atoms with Crippen LogP contribution in [0.25, 0.3) is 22.1 Å². The van der Waals surface area contributed by atoms with Gasteiger partial charge >= 0.3 is 0 Å². The predicted molar refractivity (Wildman–Crippen MR) is 134 cm³/mol. The van der Waals surface area contributed by atoms with E-state index in [9.17, 15) is 4.79 Å². The zero-order chi connectivity index (χ0) is 22.8. The summed E-state index contributed by atoms with van der Waals surface area (Å²) in [6.07, 6.45) is 1.84. The van der Waals surface area contributed by atoms with Crippen molar-refractivity contribution < 1.29 is 14.2 Å². The lowest BCUT2D eigenvalue weighted by molar-refractivity contribution is 0.210. The van der Waals surface area contributed by atoms with E-state index in [1.807, 2.05) is 72.8 Å². The molecule has 2 aromatic heterocycles. The van der Waals surface area contributed by atoms with Crippen molar-refractivity contribution in [3.8, 4) is 17.2 Å². The minimum atomic E-state index is -0.0859. The molecule has 0 saturated heterocycles. The number of hydrogen-bond donors (Lipinski definition) is 0. The number of hydrogen-bond acceptors (Lipinski definition) is 6. The number of para-hydroxylation sites is 3. The van der Waals surface area contributed by atoms with Crippen molar-refractivity contribution in [1.82, 2.24) is 9.38 Å². The standard InChI is InChI=1S/C25H19BrN2O4S/c1-30-21-14-16(13-18(26)23(21)32-12-11-31-17-7-3-2-4-8-17)15-22-24(29)28-20-10-6-5-9-19(20)27-25(28)33-22/h2-10,13-15H,11-12H2,1H3/b22-15-. The molecule has 2 heterocycles. The van der Waals surface area contributed by atoms with Gasteiger partial charge in [0.1, 0.15) is 19.0 Å². The van der Waals surface area contributed by atoms with Crippen LogP contribution in [0.4, 0.5) is 0 Å². The Morgan fingerprint density at radius 1 is 1.03 bits per heavy atom. The van der Waals surface area contributed by atoms with Crippen LogP contribution in [0.3, 0.4) is 0 Å². The highest BCUT2D eigenvalue weighted by Crippen LogP contribution is 2.37. The van der Waals surface area contributed by atoms with Gasteiger partial charge in [-0.1, -0.05) is 41.7 Å². The monoisotopic (exact) mass is 522 g/mol. The van der Waals surface area contributed by atoms with Gasteiger partial charge < -0.3 is 14.2 Å². The molecule has 0 spiro atoms. The van der Waals surface area contributed by atoms with Crippen LogP contribution >= 0.6 is 27.3 Å².